The van der Waals surface area contributed by atoms with Gasteiger partial charge in [0.25, 0.3) is 0 Å². The van der Waals surface area contributed by atoms with Crippen LogP contribution < -0.4 is 10.6 Å². The van der Waals surface area contributed by atoms with Crippen molar-refractivity contribution in [2.24, 2.45) is 0 Å². The molecular formula is C11H23N3O3S. The smallest absolute Gasteiger partial charge is 0.236 e. The maximum Gasteiger partial charge on any atom is 0.236 e. The number of sulfonamides is 1. The summed E-state index contributed by atoms with van der Waals surface area (Å²) in [6.45, 7) is 6.08. The molecule has 1 fully saturated rings. The maximum atomic E-state index is 11.9. The Balaban J connectivity index is 2.47. The summed E-state index contributed by atoms with van der Waals surface area (Å²) in [5.74, 6) is -0.840. The molecule has 6 nitrogen and oxygen atoms in total. The van der Waals surface area contributed by atoms with E-state index in [4.69, 9.17) is 0 Å². The summed E-state index contributed by atoms with van der Waals surface area (Å²) in [5, 5.41) is 5.99. The molecule has 1 rings (SSSR count). The van der Waals surface area contributed by atoms with E-state index in [0.29, 0.717) is 13.1 Å². The third-order valence-corrected chi connectivity index (χ3v) is 5.05. The second-order valence-electron chi connectivity index (χ2n) is 4.43. The van der Waals surface area contributed by atoms with E-state index in [9.17, 15) is 13.2 Å². The summed E-state index contributed by atoms with van der Waals surface area (Å²) in [4.78, 5) is 11.7. The number of amides is 1. The molecule has 0 radical (unpaired) electrons. The Bertz CT molecular complexity index is 360. The molecule has 7 heteroatoms. The lowest BCUT2D eigenvalue weighted by atomic mass is 10.1. The van der Waals surface area contributed by atoms with Crippen LogP contribution in [0.4, 0.5) is 0 Å². The molecule has 0 aromatic carbocycles. The van der Waals surface area contributed by atoms with Crippen LogP contribution in [-0.4, -0.2) is 56.6 Å². The van der Waals surface area contributed by atoms with Gasteiger partial charge in [-0.15, -0.1) is 0 Å². The minimum absolute atomic E-state index is 0.102. The summed E-state index contributed by atoms with van der Waals surface area (Å²) in [6, 6.07) is 0.102. The largest absolute Gasteiger partial charge is 0.352 e. The number of hydrogen-bond donors (Lipinski definition) is 2. The maximum absolute atomic E-state index is 11.9. The van der Waals surface area contributed by atoms with Gasteiger partial charge in [-0.2, -0.15) is 0 Å². The number of carbonyl (C=O) groups excluding carboxylic acids is 1. The zero-order valence-corrected chi connectivity index (χ0v) is 11.9. The van der Waals surface area contributed by atoms with E-state index in [1.807, 2.05) is 0 Å². The zero-order chi connectivity index (χ0) is 13.6. The standard InChI is InChI=1S/C11H23N3O3S/c1-3-14(4-2)18(16,17)9-11(15)13-10-5-7-12-8-6-10/h10,12H,3-9H2,1-2H3,(H,13,15). The Kier molecular flexibility index (Phi) is 6.04. The van der Waals surface area contributed by atoms with Gasteiger partial charge in [0.05, 0.1) is 0 Å². The Morgan fingerprint density at radius 3 is 2.33 bits per heavy atom. The third kappa shape index (κ3) is 4.55. The van der Waals surface area contributed by atoms with E-state index >= 15 is 0 Å². The van der Waals surface area contributed by atoms with Crippen molar-refractivity contribution in [2.45, 2.75) is 32.7 Å². The second-order valence-corrected chi connectivity index (χ2v) is 6.40. The van der Waals surface area contributed by atoms with Crippen molar-refractivity contribution >= 4 is 15.9 Å². The molecular weight excluding hydrogens is 254 g/mol. The molecule has 0 spiro atoms. The van der Waals surface area contributed by atoms with Gasteiger partial charge < -0.3 is 10.6 Å². The highest BCUT2D eigenvalue weighted by molar-refractivity contribution is 7.89. The van der Waals surface area contributed by atoms with Crippen LogP contribution in [0, 0.1) is 0 Å². The van der Waals surface area contributed by atoms with Crippen LogP contribution in [-0.2, 0) is 14.8 Å². The second kappa shape index (κ2) is 7.06. The van der Waals surface area contributed by atoms with Gasteiger partial charge in [-0.05, 0) is 25.9 Å². The highest BCUT2D eigenvalue weighted by Crippen LogP contribution is 2.04. The van der Waals surface area contributed by atoms with Crippen molar-refractivity contribution in [1.82, 2.24) is 14.9 Å². The summed E-state index contributed by atoms with van der Waals surface area (Å²) in [7, 11) is -3.47. The lowest BCUT2D eigenvalue weighted by Crippen LogP contribution is -2.46. The van der Waals surface area contributed by atoms with Gasteiger partial charge in [-0.25, -0.2) is 12.7 Å². The third-order valence-electron chi connectivity index (χ3n) is 3.12. The molecule has 1 saturated heterocycles. The van der Waals surface area contributed by atoms with E-state index in [-0.39, 0.29) is 6.04 Å². The van der Waals surface area contributed by atoms with Gasteiger partial charge in [0, 0.05) is 19.1 Å². The Morgan fingerprint density at radius 2 is 1.83 bits per heavy atom. The van der Waals surface area contributed by atoms with E-state index < -0.39 is 21.7 Å². The summed E-state index contributed by atoms with van der Waals surface area (Å²) < 4.78 is 25.1. The Morgan fingerprint density at radius 1 is 1.28 bits per heavy atom. The molecule has 2 N–H and O–H groups in total. The predicted molar refractivity (Wildman–Crippen MR) is 70.7 cm³/mol. The van der Waals surface area contributed by atoms with Crippen LogP contribution >= 0.6 is 0 Å². The van der Waals surface area contributed by atoms with E-state index in [0.717, 1.165) is 25.9 Å². The molecule has 18 heavy (non-hydrogen) atoms. The minimum atomic E-state index is -3.47. The van der Waals surface area contributed by atoms with E-state index in [1.54, 1.807) is 13.8 Å². The number of carbonyl (C=O) groups is 1. The van der Waals surface area contributed by atoms with Gasteiger partial charge >= 0.3 is 0 Å². The van der Waals surface area contributed by atoms with Crippen LogP contribution in [0.3, 0.4) is 0 Å². The van der Waals surface area contributed by atoms with Gasteiger partial charge in [0.1, 0.15) is 5.75 Å². The Hall–Kier alpha value is -0.660. The summed E-state index contributed by atoms with van der Waals surface area (Å²) in [6.07, 6.45) is 1.72. The van der Waals surface area contributed by atoms with Gasteiger partial charge in [0.15, 0.2) is 0 Å². The molecule has 0 atom stereocenters. The van der Waals surface area contributed by atoms with Gasteiger partial charge in [0.2, 0.25) is 15.9 Å². The van der Waals surface area contributed by atoms with Crippen molar-refractivity contribution in [1.29, 1.82) is 0 Å². The first-order valence-electron chi connectivity index (χ1n) is 6.47. The van der Waals surface area contributed by atoms with Crippen molar-refractivity contribution in [2.75, 3.05) is 31.9 Å². The number of rotatable bonds is 6. The molecule has 0 bridgehead atoms. The van der Waals surface area contributed by atoms with Gasteiger partial charge in [-0.3, -0.25) is 4.79 Å². The Labute approximate surface area is 109 Å². The van der Waals surface area contributed by atoms with Crippen LogP contribution in [0.15, 0.2) is 0 Å². The summed E-state index contributed by atoms with van der Waals surface area (Å²) in [5.41, 5.74) is 0. The quantitative estimate of drug-likeness (QED) is 0.688. The molecule has 1 amide bonds. The molecule has 0 saturated carbocycles. The minimum Gasteiger partial charge on any atom is -0.352 e. The predicted octanol–water partition coefficient (Wildman–Crippen LogP) is -0.474. The number of nitrogens with one attached hydrogen (secondary N) is 2. The molecule has 106 valence electrons. The molecule has 0 aromatic rings. The monoisotopic (exact) mass is 277 g/mol. The van der Waals surface area contributed by atoms with Crippen molar-refractivity contribution in [3.05, 3.63) is 0 Å². The molecule has 0 aromatic heterocycles. The number of nitrogens with zero attached hydrogens (tertiary/aromatic N) is 1. The first-order valence-corrected chi connectivity index (χ1v) is 8.08. The fourth-order valence-corrected chi connectivity index (χ4v) is 3.49. The lowest BCUT2D eigenvalue weighted by molar-refractivity contribution is -0.119. The molecule has 0 aliphatic carbocycles. The van der Waals surface area contributed by atoms with E-state index in [2.05, 4.69) is 10.6 Å². The highest BCUT2D eigenvalue weighted by Gasteiger charge is 2.24. The molecule has 1 aliphatic rings. The van der Waals surface area contributed by atoms with Crippen molar-refractivity contribution in [3.63, 3.8) is 0 Å². The first kappa shape index (κ1) is 15.4. The van der Waals surface area contributed by atoms with Crippen LogP contribution in [0.5, 0.6) is 0 Å². The summed E-state index contributed by atoms with van der Waals surface area (Å²) >= 11 is 0. The molecule has 1 aliphatic heterocycles. The highest BCUT2D eigenvalue weighted by atomic mass is 32.2. The van der Waals surface area contributed by atoms with Gasteiger partial charge in [-0.1, -0.05) is 13.8 Å². The first-order chi connectivity index (χ1) is 8.49. The lowest BCUT2D eigenvalue weighted by Gasteiger charge is -2.24. The average molecular weight is 277 g/mol. The van der Waals surface area contributed by atoms with Crippen LogP contribution in [0.1, 0.15) is 26.7 Å². The molecule has 0 unspecified atom stereocenters. The SMILES string of the molecule is CCN(CC)S(=O)(=O)CC(=O)NC1CCNCC1. The van der Waals surface area contributed by atoms with Crippen LogP contribution in [0.2, 0.25) is 0 Å². The topological polar surface area (TPSA) is 78.5 Å². The molecule has 1 heterocycles. The van der Waals surface area contributed by atoms with Crippen molar-refractivity contribution in [3.8, 4) is 0 Å². The van der Waals surface area contributed by atoms with Crippen LogP contribution in [0.25, 0.3) is 0 Å². The van der Waals surface area contributed by atoms with Crippen molar-refractivity contribution < 1.29 is 13.2 Å². The number of piperidine rings is 1. The average Bonchev–Trinajstić information content (AvgIpc) is 2.30. The number of hydrogen-bond acceptors (Lipinski definition) is 4. The zero-order valence-electron chi connectivity index (χ0n) is 11.1. The van der Waals surface area contributed by atoms with E-state index in [1.165, 1.54) is 4.31 Å². The fraction of sp³-hybridized carbons (Fsp3) is 0.909. The fourth-order valence-electron chi connectivity index (χ4n) is 2.11. The normalized spacial score (nSPS) is 17.9.